The van der Waals surface area contributed by atoms with Gasteiger partial charge in [0.1, 0.15) is 0 Å². The third-order valence-electron chi connectivity index (χ3n) is 4.78. The molecule has 0 aliphatic rings. The Bertz CT molecular complexity index is 556. The first-order chi connectivity index (χ1) is 13.0. The molecule has 0 aromatic heterocycles. The van der Waals surface area contributed by atoms with Crippen LogP contribution >= 0.6 is 0 Å². The van der Waals surface area contributed by atoms with Crippen molar-refractivity contribution in [3.8, 4) is 0 Å². The van der Waals surface area contributed by atoms with Crippen molar-refractivity contribution >= 4 is 11.9 Å². The highest BCUT2D eigenvalue weighted by Gasteiger charge is 2.19. The highest BCUT2D eigenvalue weighted by molar-refractivity contribution is 5.89. The Labute approximate surface area is 164 Å². The summed E-state index contributed by atoms with van der Waals surface area (Å²) >= 11 is 0. The maximum absolute atomic E-state index is 12.0. The lowest BCUT2D eigenvalue weighted by atomic mass is 10.0. The summed E-state index contributed by atoms with van der Waals surface area (Å²) in [5.74, 6) is -0.467. The van der Waals surface area contributed by atoms with Gasteiger partial charge in [0.25, 0.3) is 0 Å². The van der Waals surface area contributed by atoms with Crippen LogP contribution in [0.5, 0.6) is 0 Å². The first kappa shape index (κ1) is 23.2. The molecule has 27 heavy (non-hydrogen) atoms. The first-order valence-corrected chi connectivity index (χ1v) is 10.0. The molecule has 0 spiro atoms. The van der Waals surface area contributed by atoms with Gasteiger partial charge in [-0.05, 0) is 38.1 Å². The van der Waals surface area contributed by atoms with Crippen LogP contribution in [0.3, 0.4) is 0 Å². The molecule has 0 aliphatic carbocycles. The Morgan fingerprint density at radius 1 is 1.04 bits per heavy atom. The number of hydrogen-bond acceptors (Lipinski definition) is 5. The number of hydrogen-bond donors (Lipinski definition) is 0. The molecular weight excluding hydrogens is 342 g/mol. The standard InChI is InChI=1S/C22H35NO4/c1-5-7-8-9-10-11-20(16-21(24)27-6-2)23(3)17-18-12-14-19(15-13-18)22(25)26-4/h12-15,20H,5-11,16-17H2,1-4H3. The summed E-state index contributed by atoms with van der Waals surface area (Å²) in [4.78, 5) is 25.8. The molecule has 1 unspecified atom stereocenters. The summed E-state index contributed by atoms with van der Waals surface area (Å²) in [6.45, 7) is 5.19. The minimum absolute atomic E-state index is 0.135. The zero-order valence-electron chi connectivity index (χ0n) is 17.3. The molecule has 5 heteroatoms. The monoisotopic (exact) mass is 377 g/mol. The molecule has 1 atom stereocenters. The van der Waals surface area contributed by atoms with Crippen LogP contribution in [0.15, 0.2) is 24.3 Å². The van der Waals surface area contributed by atoms with Gasteiger partial charge >= 0.3 is 11.9 Å². The molecular formula is C22H35NO4. The third kappa shape index (κ3) is 9.05. The van der Waals surface area contributed by atoms with E-state index in [9.17, 15) is 9.59 Å². The number of esters is 2. The maximum atomic E-state index is 12.0. The van der Waals surface area contributed by atoms with Gasteiger partial charge in [-0.25, -0.2) is 4.79 Å². The van der Waals surface area contributed by atoms with Crippen LogP contribution in [0, 0.1) is 0 Å². The van der Waals surface area contributed by atoms with Gasteiger partial charge in [-0.2, -0.15) is 0 Å². The molecule has 152 valence electrons. The Morgan fingerprint density at radius 2 is 1.70 bits per heavy atom. The van der Waals surface area contributed by atoms with Gasteiger partial charge in [-0.1, -0.05) is 51.2 Å². The van der Waals surface area contributed by atoms with E-state index in [2.05, 4.69) is 11.8 Å². The summed E-state index contributed by atoms with van der Waals surface area (Å²) in [5.41, 5.74) is 1.65. The number of carbonyl (C=O) groups excluding carboxylic acids is 2. The third-order valence-corrected chi connectivity index (χ3v) is 4.78. The van der Waals surface area contributed by atoms with Crippen molar-refractivity contribution < 1.29 is 19.1 Å². The van der Waals surface area contributed by atoms with E-state index in [0.717, 1.165) is 24.9 Å². The molecule has 0 N–H and O–H groups in total. The largest absolute Gasteiger partial charge is 0.466 e. The van der Waals surface area contributed by atoms with Crippen molar-refractivity contribution in [3.63, 3.8) is 0 Å². The average Bonchev–Trinajstić information content (AvgIpc) is 2.67. The van der Waals surface area contributed by atoms with E-state index in [1.54, 1.807) is 12.1 Å². The predicted octanol–water partition coefficient (Wildman–Crippen LogP) is 4.59. The van der Waals surface area contributed by atoms with Crippen LogP contribution in [-0.2, 0) is 20.8 Å². The lowest BCUT2D eigenvalue weighted by Crippen LogP contribution is -2.34. The predicted molar refractivity (Wildman–Crippen MR) is 108 cm³/mol. The average molecular weight is 378 g/mol. The number of methoxy groups -OCH3 is 1. The Kier molecular flexibility index (Phi) is 11.4. The van der Waals surface area contributed by atoms with Crippen LogP contribution in [0.1, 0.15) is 74.7 Å². The Hall–Kier alpha value is -1.88. The van der Waals surface area contributed by atoms with Gasteiger partial charge in [-0.3, -0.25) is 9.69 Å². The number of nitrogens with zero attached hydrogens (tertiary/aromatic N) is 1. The molecule has 0 aliphatic heterocycles. The highest BCUT2D eigenvalue weighted by atomic mass is 16.5. The lowest BCUT2D eigenvalue weighted by Gasteiger charge is -2.27. The second-order valence-corrected chi connectivity index (χ2v) is 6.97. The molecule has 0 heterocycles. The molecule has 0 saturated heterocycles. The minimum Gasteiger partial charge on any atom is -0.466 e. The van der Waals surface area contributed by atoms with Crippen LogP contribution in [0.25, 0.3) is 0 Å². The van der Waals surface area contributed by atoms with E-state index >= 15 is 0 Å². The first-order valence-electron chi connectivity index (χ1n) is 10.0. The topological polar surface area (TPSA) is 55.8 Å². The van der Waals surface area contributed by atoms with Crippen molar-refractivity contribution in [1.29, 1.82) is 0 Å². The molecule has 0 bridgehead atoms. The summed E-state index contributed by atoms with van der Waals surface area (Å²) < 4.78 is 9.89. The van der Waals surface area contributed by atoms with Gasteiger partial charge < -0.3 is 9.47 Å². The molecule has 5 nitrogen and oxygen atoms in total. The number of ether oxygens (including phenoxy) is 2. The Balaban J connectivity index is 2.65. The summed E-state index contributed by atoms with van der Waals surface area (Å²) in [5, 5.41) is 0. The molecule has 1 aromatic rings. The molecule has 1 aromatic carbocycles. The fourth-order valence-electron chi connectivity index (χ4n) is 3.16. The normalized spacial score (nSPS) is 12.0. The number of carbonyl (C=O) groups is 2. The second-order valence-electron chi connectivity index (χ2n) is 6.97. The van der Waals surface area contributed by atoms with Crippen LogP contribution in [0.2, 0.25) is 0 Å². The number of rotatable bonds is 13. The van der Waals surface area contributed by atoms with Crippen molar-refractivity contribution in [2.24, 2.45) is 0 Å². The maximum Gasteiger partial charge on any atom is 0.337 e. The SMILES string of the molecule is CCCCCCCC(CC(=O)OCC)N(C)Cc1ccc(C(=O)OC)cc1. The zero-order chi connectivity index (χ0) is 20.1. The van der Waals surface area contributed by atoms with Crippen LogP contribution in [-0.4, -0.2) is 43.6 Å². The van der Waals surface area contributed by atoms with Gasteiger partial charge in [0.2, 0.25) is 0 Å². The van der Waals surface area contributed by atoms with Crippen molar-refractivity contribution in [2.75, 3.05) is 20.8 Å². The van der Waals surface area contributed by atoms with E-state index in [0.29, 0.717) is 18.6 Å². The quantitative estimate of drug-likeness (QED) is 0.372. The second kappa shape index (κ2) is 13.3. The van der Waals surface area contributed by atoms with Crippen LogP contribution < -0.4 is 0 Å². The van der Waals surface area contributed by atoms with E-state index in [1.165, 1.54) is 32.8 Å². The molecule has 0 fully saturated rings. The lowest BCUT2D eigenvalue weighted by molar-refractivity contribution is -0.144. The van der Waals surface area contributed by atoms with Crippen LogP contribution in [0.4, 0.5) is 0 Å². The van der Waals surface area contributed by atoms with Crippen molar-refractivity contribution in [1.82, 2.24) is 4.90 Å². The molecule has 1 rings (SSSR count). The van der Waals surface area contributed by atoms with Gasteiger partial charge in [0.05, 0.1) is 25.7 Å². The minimum atomic E-state index is -0.331. The van der Waals surface area contributed by atoms with Gasteiger partial charge in [0.15, 0.2) is 0 Å². The smallest absolute Gasteiger partial charge is 0.337 e. The number of unbranched alkanes of at least 4 members (excludes halogenated alkanes) is 4. The number of benzene rings is 1. The zero-order valence-corrected chi connectivity index (χ0v) is 17.3. The highest BCUT2D eigenvalue weighted by Crippen LogP contribution is 2.17. The van der Waals surface area contributed by atoms with E-state index < -0.39 is 0 Å². The van der Waals surface area contributed by atoms with Crippen molar-refractivity contribution in [2.45, 2.75) is 71.4 Å². The van der Waals surface area contributed by atoms with Crippen molar-refractivity contribution in [3.05, 3.63) is 35.4 Å². The fraction of sp³-hybridized carbons (Fsp3) is 0.636. The summed E-state index contributed by atoms with van der Waals surface area (Å²) in [6.07, 6.45) is 7.47. The molecule has 0 saturated carbocycles. The van der Waals surface area contributed by atoms with E-state index in [1.807, 2.05) is 26.1 Å². The summed E-state index contributed by atoms with van der Waals surface area (Å²) in [7, 11) is 3.43. The van der Waals surface area contributed by atoms with Gasteiger partial charge in [0, 0.05) is 12.6 Å². The molecule has 0 radical (unpaired) electrons. The fourth-order valence-corrected chi connectivity index (χ4v) is 3.16. The van der Waals surface area contributed by atoms with E-state index in [4.69, 9.17) is 9.47 Å². The molecule has 0 amide bonds. The Morgan fingerprint density at radius 3 is 2.30 bits per heavy atom. The summed E-state index contributed by atoms with van der Waals surface area (Å²) in [6, 6.07) is 7.59. The van der Waals surface area contributed by atoms with E-state index in [-0.39, 0.29) is 18.0 Å². The van der Waals surface area contributed by atoms with Gasteiger partial charge in [-0.15, -0.1) is 0 Å².